The molecule has 1 heterocycles. The van der Waals surface area contributed by atoms with Gasteiger partial charge in [0.1, 0.15) is 4.32 Å². The summed E-state index contributed by atoms with van der Waals surface area (Å²) in [7, 11) is -2.92. The molecule has 0 radical (unpaired) electrons. The minimum absolute atomic E-state index is 0.0561. The number of rotatable bonds is 4. The van der Waals surface area contributed by atoms with E-state index >= 15 is 0 Å². The highest BCUT2D eigenvalue weighted by molar-refractivity contribution is 8.22. The SMILES string of the molecule is O=[N+]([O-])c1ccc(CSC(=S)NC2CCS(=O)(=O)C2)cc1. The molecule has 0 saturated carbocycles. The van der Waals surface area contributed by atoms with Gasteiger partial charge in [-0.15, -0.1) is 0 Å². The number of nitrogens with zero attached hydrogens (tertiary/aromatic N) is 1. The molecule has 0 aromatic heterocycles. The normalized spacial score (nSPS) is 20.1. The molecule has 0 bridgehead atoms. The van der Waals surface area contributed by atoms with Gasteiger partial charge in [0.2, 0.25) is 0 Å². The van der Waals surface area contributed by atoms with Crippen molar-refractivity contribution in [2.75, 3.05) is 11.5 Å². The fourth-order valence-electron chi connectivity index (χ4n) is 1.98. The average molecular weight is 346 g/mol. The van der Waals surface area contributed by atoms with Crippen molar-refractivity contribution >= 4 is 43.8 Å². The van der Waals surface area contributed by atoms with Crippen LogP contribution in [0.1, 0.15) is 12.0 Å². The van der Waals surface area contributed by atoms with Crippen molar-refractivity contribution in [3.05, 3.63) is 39.9 Å². The minimum atomic E-state index is -2.92. The van der Waals surface area contributed by atoms with Gasteiger partial charge in [0.15, 0.2) is 9.84 Å². The molecule has 1 aromatic rings. The van der Waals surface area contributed by atoms with Crippen LogP contribution < -0.4 is 5.32 Å². The van der Waals surface area contributed by atoms with Crippen molar-refractivity contribution < 1.29 is 13.3 Å². The Morgan fingerprint density at radius 1 is 1.43 bits per heavy atom. The number of nitro groups is 1. The summed E-state index contributed by atoms with van der Waals surface area (Å²) in [5, 5.41) is 13.6. The fourth-order valence-corrected chi connectivity index (χ4v) is 4.74. The van der Waals surface area contributed by atoms with E-state index in [4.69, 9.17) is 12.2 Å². The van der Waals surface area contributed by atoms with E-state index in [1.165, 1.54) is 23.9 Å². The van der Waals surface area contributed by atoms with Crippen molar-refractivity contribution in [1.29, 1.82) is 0 Å². The van der Waals surface area contributed by atoms with Crippen LogP contribution >= 0.6 is 24.0 Å². The molecular weight excluding hydrogens is 332 g/mol. The maximum Gasteiger partial charge on any atom is 0.269 e. The van der Waals surface area contributed by atoms with E-state index in [9.17, 15) is 18.5 Å². The number of thiocarbonyl (C=S) groups is 1. The molecule has 9 heteroatoms. The third-order valence-electron chi connectivity index (χ3n) is 3.07. The number of hydrogen-bond donors (Lipinski definition) is 1. The quantitative estimate of drug-likeness (QED) is 0.506. The van der Waals surface area contributed by atoms with Crippen LogP contribution in [0.2, 0.25) is 0 Å². The summed E-state index contributed by atoms with van der Waals surface area (Å²) in [6.07, 6.45) is 0.584. The molecule has 1 unspecified atom stereocenters. The summed E-state index contributed by atoms with van der Waals surface area (Å²) < 4.78 is 23.2. The maximum absolute atomic E-state index is 11.3. The molecule has 114 valence electrons. The van der Waals surface area contributed by atoms with Gasteiger partial charge < -0.3 is 5.32 Å². The Bertz CT molecular complexity index is 643. The summed E-state index contributed by atoms with van der Waals surface area (Å²) in [6.45, 7) is 0. The lowest BCUT2D eigenvalue weighted by Crippen LogP contribution is -2.32. The number of sulfone groups is 1. The molecule has 1 atom stereocenters. The van der Waals surface area contributed by atoms with Gasteiger partial charge in [0, 0.05) is 23.9 Å². The smallest absolute Gasteiger partial charge is 0.269 e. The van der Waals surface area contributed by atoms with E-state index in [-0.39, 0.29) is 23.2 Å². The third-order valence-corrected chi connectivity index (χ3v) is 6.17. The van der Waals surface area contributed by atoms with Gasteiger partial charge in [-0.25, -0.2) is 8.42 Å². The number of nitro benzene ring substituents is 1. The van der Waals surface area contributed by atoms with Crippen molar-refractivity contribution in [1.82, 2.24) is 5.32 Å². The molecule has 1 aromatic carbocycles. The zero-order valence-corrected chi connectivity index (χ0v) is 13.5. The highest BCUT2D eigenvalue weighted by atomic mass is 32.2. The van der Waals surface area contributed by atoms with E-state index in [1.54, 1.807) is 12.1 Å². The van der Waals surface area contributed by atoms with Crippen molar-refractivity contribution in [3.8, 4) is 0 Å². The summed E-state index contributed by atoms with van der Waals surface area (Å²) in [6, 6.07) is 6.18. The average Bonchev–Trinajstić information content (AvgIpc) is 2.76. The summed E-state index contributed by atoms with van der Waals surface area (Å²) in [5.74, 6) is 0.925. The van der Waals surface area contributed by atoms with Gasteiger partial charge in [-0.2, -0.15) is 0 Å². The van der Waals surface area contributed by atoms with Crippen LogP contribution in [0.25, 0.3) is 0 Å². The molecule has 0 spiro atoms. The monoisotopic (exact) mass is 346 g/mol. The lowest BCUT2D eigenvalue weighted by Gasteiger charge is -2.12. The molecule has 2 rings (SSSR count). The third kappa shape index (κ3) is 4.94. The molecule has 1 fully saturated rings. The van der Waals surface area contributed by atoms with E-state index < -0.39 is 14.8 Å². The second-order valence-electron chi connectivity index (χ2n) is 4.74. The van der Waals surface area contributed by atoms with Gasteiger partial charge in [-0.1, -0.05) is 36.1 Å². The van der Waals surface area contributed by atoms with Crippen LogP contribution in [0, 0.1) is 10.1 Å². The molecule has 0 aliphatic carbocycles. The standard InChI is InChI=1S/C12H14N2O4S3/c15-14(16)11-3-1-9(2-4-11)7-20-12(19)13-10-5-6-21(17,18)8-10/h1-4,10H,5-8H2,(H,13,19). The highest BCUT2D eigenvalue weighted by Crippen LogP contribution is 2.18. The van der Waals surface area contributed by atoms with E-state index in [0.29, 0.717) is 16.5 Å². The second kappa shape index (κ2) is 6.71. The van der Waals surface area contributed by atoms with Gasteiger partial charge in [0.05, 0.1) is 16.4 Å². The van der Waals surface area contributed by atoms with Crippen LogP contribution in [0.15, 0.2) is 24.3 Å². The van der Waals surface area contributed by atoms with Crippen molar-refractivity contribution in [2.45, 2.75) is 18.2 Å². The van der Waals surface area contributed by atoms with Crippen LogP contribution in [-0.4, -0.2) is 35.2 Å². The molecule has 1 aliphatic rings. The summed E-state index contributed by atoms with van der Waals surface area (Å²) >= 11 is 6.57. The van der Waals surface area contributed by atoms with Crippen LogP contribution in [0.5, 0.6) is 0 Å². The molecule has 6 nitrogen and oxygen atoms in total. The summed E-state index contributed by atoms with van der Waals surface area (Å²) in [4.78, 5) is 10.1. The largest absolute Gasteiger partial charge is 0.367 e. The number of hydrogen-bond acceptors (Lipinski definition) is 6. The molecule has 1 saturated heterocycles. The van der Waals surface area contributed by atoms with E-state index in [0.717, 1.165) is 5.56 Å². The van der Waals surface area contributed by atoms with Crippen LogP contribution in [0.4, 0.5) is 5.69 Å². The fraction of sp³-hybridized carbons (Fsp3) is 0.417. The number of non-ortho nitro benzene ring substituents is 1. The van der Waals surface area contributed by atoms with Gasteiger partial charge in [0.25, 0.3) is 5.69 Å². The Labute approximate surface area is 132 Å². The first kappa shape index (κ1) is 16.2. The van der Waals surface area contributed by atoms with E-state index in [2.05, 4.69) is 5.32 Å². The van der Waals surface area contributed by atoms with Crippen LogP contribution in [0.3, 0.4) is 0 Å². The minimum Gasteiger partial charge on any atom is -0.367 e. The van der Waals surface area contributed by atoms with Crippen LogP contribution in [-0.2, 0) is 15.6 Å². The van der Waals surface area contributed by atoms with E-state index in [1.807, 2.05) is 0 Å². The molecule has 21 heavy (non-hydrogen) atoms. The first-order valence-corrected chi connectivity index (χ1v) is 9.44. The molecule has 1 N–H and O–H groups in total. The Morgan fingerprint density at radius 2 is 2.10 bits per heavy atom. The van der Waals surface area contributed by atoms with Crippen molar-refractivity contribution in [3.63, 3.8) is 0 Å². The van der Waals surface area contributed by atoms with Gasteiger partial charge in [-0.3, -0.25) is 10.1 Å². The summed E-state index contributed by atoms with van der Waals surface area (Å²) in [5.41, 5.74) is 0.981. The zero-order chi connectivity index (χ0) is 15.5. The molecule has 0 amide bonds. The number of nitrogens with one attached hydrogen (secondary N) is 1. The Hall–Kier alpha value is -1.19. The molecule has 1 aliphatic heterocycles. The lowest BCUT2D eigenvalue weighted by atomic mass is 10.2. The maximum atomic E-state index is 11.3. The Kier molecular flexibility index (Phi) is 5.17. The number of thioether (sulfide) groups is 1. The first-order valence-electron chi connectivity index (χ1n) is 6.23. The van der Waals surface area contributed by atoms with Gasteiger partial charge in [-0.05, 0) is 12.0 Å². The lowest BCUT2D eigenvalue weighted by molar-refractivity contribution is -0.384. The zero-order valence-electron chi connectivity index (χ0n) is 11.0. The van der Waals surface area contributed by atoms with Crippen molar-refractivity contribution in [2.24, 2.45) is 0 Å². The topological polar surface area (TPSA) is 89.3 Å². The van der Waals surface area contributed by atoms with Gasteiger partial charge >= 0.3 is 0 Å². The Morgan fingerprint density at radius 3 is 2.62 bits per heavy atom. The predicted octanol–water partition coefficient (Wildman–Crippen LogP) is 1.89. The molecular formula is C12H14N2O4S3. The predicted molar refractivity (Wildman–Crippen MR) is 87.2 cm³/mol. The first-order chi connectivity index (χ1) is 9.85. The Balaban J connectivity index is 1.80. The second-order valence-corrected chi connectivity index (χ2v) is 8.62. The highest BCUT2D eigenvalue weighted by Gasteiger charge is 2.28. The number of benzene rings is 1.